The molecule has 3 heterocycles. The molecule has 2 unspecified atom stereocenters. The van der Waals surface area contributed by atoms with Crippen LogP contribution in [0.5, 0.6) is 5.75 Å². The first-order chi connectivity index (χ1) is 14.2. The number of thiophene rings is 1. The number of anilines is 1. The van der Waals surface area contributed by atoms with Gasteiger partial charge in [0.15, 0.2) is 16.9 Å². The molecule has 4 rings (SSSR count). The Bertz CT molecular complexity index is 976. The Balaban J connectivity index is 1.60. The quantitative estimate of drug-likeness (QED) is 0.526. The molecule has 1 aromatic carbocycles. The molecule has 2 aliphatic rings. The van der Waals surface area contributed by atoms with Gasteiger partial charge >= 0.3 is 5.97 Å². The Morgan fingerprint density at radius 2 is 2.07 bits per heavy atom. The largest absolute Gasteiger partial charge is 0.483 e. The first kappa shape index (κ1) is 21.2. The van der Waals surface area contributed by atoms with Gasteiger partial charge < -0.3 is 20.5 Å². The van der Waals surface area contributed by atoms with Crippen molar-refractivity contribution in [1.82, 2.24) is 5.32 Å². The number of benzene rings is 1. The SMILES string of the molecule is CC12CCC(C)(CC(Nc3cccc(-c4sc(C(=O)O)c(OCC=O)c4Cl)c3)C1)N2. The van der Waals surface area contributed by atoms with Crippen LogP contribution in [-0.2, 0) is 4.79 Å². The van der Waals surface area contributed by atoms with Crippen molar-refractivity contribution in [2.75, 3.05) is 11.9 Å². The van der Waals surface area contributed by atoms with Crippen molar-refractivity contribution in [3.05, 3.63) is 34.2 Å². The van der Waals surface area contributed by atoms with E-state index in [1.54, 1.807) is 0 Å². The van der Waals surface area contributed by atoms with Crippen LogP contribution in [0.3, 0.4) is 0 Å². The second kappa shape index (κ2) is 7.87. The molecule has 30 heavy (non-hydrogen) atoms. The van der Waals surface area contributed by atoms with Crippen LogP contribution >= 0.6 is 22.9 Å². The maximum Gasteiger partial charge on any atom is 0.349 e. The van der Waals surface area contributed by atoms with Crippen molar-refractivity contribution in [3.8, 4) is 16.2 Å². The summed E-state index contributed by atoms with van der Waals surface area (Å²) in [5.74, 6) is -1.08. The van der Waals surface area contributed by atoms with Crippen LogP contribution in [0.15, 0.2) is 24.3 Å². The van der Waals surface area contributed by atoms with Crippen molar-refractivity contribution >= 4 is 40.9 Å². The molecule has 6 nitrogen and oxygen atoms in total. The fourth-order valence-electron chi connectivity index (χ4n) is 4.93. The van der Waals surface area contributed by atoms with Crippen LogP contribution < -0.4 is 15.4 Å². The van der Waals surface area contributed by atoms with Crippen LogP contribution in [0.2, 0.25) is 5.02 Å². The topological polar surface area (TPSA) is 87.7 Å². The second-order valence-electron chi connectivity index (χ2n) is 8.76. The molecule has 2 saturated heterocycles. The Kier molecular flexibility index (Phi) is 5.55. The summed E-state index contributed by atoms with van der Waals surface area (Å²) in [4.78, 5) is 22.9. The van der Waals surface area contributed by atoms with Crippen molar-refractivity contribution in [3.63, 3.8) is 0 Å². The molecular weight excluding hydrogens is 424 g/mol. The Labute approximate surface area is 184 Å². The number of carbonyl (C=O) groups excluding carboxylic acids is 1. The zero-order chi connectivity index (χ0) is 21.5. The average Bonchev–Trinajstić information content (AvgIpc) is 3.12. The second-order valence-corrected chi connectivity index (χ2v) is 10.2. The van der Waals surface area contributed by atoms with Crippen molar-refractivity contribution in [2.24, 2.45) is 0 Å². The number of rotatable bonds is 7. The molecule has 2 atom stereocenters. The summed E-state index contributed by atoms with van der Waals surface area (Å²) < 4.78 is 5.29. The first-order valence-electron chi connectivity index (χ1n) is 10.0. The van der Waals surface area contributed by atoms with Gasteiger partial charge in [-0.2, -0.15) is 0 Å². The van der Waals surface area contributed by atoms with Gasteiger partial charge in [0.2, 0.25) is 0 Å². The van der Waals surface area contributed by atoms with Crippen LogP contribution in [0.25, 0.3) is 10.4 Å². The third kappa shape index (κ3) is 4.06. The zero-order valence-corrected chi connectivity index (χ0v) is 18.5. The molecule has 2 aromatic rings. The molecule has 160 valence electrons. The molecule has 0 aliphatic carbocycles. The Morgan fingerprint density at radius 3 is 2.70 bits per heavy atom. The Morgan fingerprint density at radius 1 is 1.37 bits per heavy atom. The Hall–Kier alpha value is -2.09. The molecule has 8 heteroatoms. The van der Waals surface area contributed by atoms with E-state index in [9.17, 15) is 14.7 Å². The fourth-order valence-corrected chi connectivity index (χ4v) is 6.33. The van der Waals surface area contributed by atoms with Gasteiger partial charge in [-0.05, 0) is 57.2 Å². The minimum Gasteiger partial charge on any atom is -0.483 e. The molecule has 2 fully saturated rings. The predicted molar refractivity (Wildman–Crippen MR) is 119 cm³/mol. The standard InChI is InChI=1S/C22H25ClN2O4S/c1-21-6-7-22(2,25-21)12-15(11-21)24-14-5-3-4-13(10-14)18-16(23)17(29-9-8-26)19(30-18)20(27)28/h3-5,8,10,15,24-25H,6-7,9,11-12H2,1-2H3,(H,27,28). The number of carboxylic acids is 1. The number of aromatic carboxylic acids is 1. The highest BCUT2D eigenvalue weighted by molar-refractivity contribution is 7.18. The summed E-state index contributed by atoms with van der Waals surface area (Å²) in [5.41, 5.74) is 2.12. The van der Waals surface area contributed by atoms with Gasteiger partial charge in [-0.25, -0.2) is 4.79 Å². The highest BCUT2D eigenvalue weighted by Gasteiger charge is 2.48. The van der Waals surface area contributed by atoms with Gasteiger partial charge in [-0.3, -0.25) is 4.79 Å². The number of nitrogens with one attached hydrogen (secondary N) is 2. The van der Waals surface area contributed by atoms with Gasteiger partial charge in [0.05, 0.1) is 4.88 Å². The highest BCUT2D eigenvalue weighted by atomic mass is 35.5. The number of carbonyl (C=O) groups is 2. The number of aldehydes is 1. The molecule has 0 amide bonds. The molecule has 3 N–H and O–H groups in total. The maximum absolute atomic E-state index is 11.6. The van der Waals surface area contributed by atoms with E-state index in [1.807, 2.05) is 24.3 Å². The lowest BCUT2D eigenvalue weighted by Crippen LogP contribution is -2.56. The summed E-state index contributed by atoms with van der Waals surface area (Å²) in [7, 11) is 0. The first-order valence-corrected chi connectivity index (χ1v) is 11.2. The number of carboxylic acid groups (broad SMARTS) is 1. The minimum atomic E-state index is -1.13. The lowest BCUT2D eigenvalue weighted by molar-refractivity contribution is -0.109. The maximum atomic E-state index is 11.6. The minimum absolute atomic E-state index is 0.00834. The van der Waals surface area contributed by atoms with Crippen LogP contribution in [0.1, 0.15) is 49.2 Å². The number of halogens is 1. The third-order valence-electron chi connectivity index (χ3n) is 6.02. The van der Waals surface area contributed by atoms with Gasteiger partial charge in [0, 0.05) is 22.8 Å². The fraction of sp³-hybridized carbons (Fsp3) is 0.455. The van der Waals surface area contributed by atoms with Gasteiger partial charge in [-0.15, -0.1) is 11.3 Å². The smallest absolute Gasteiger partial charge is 0.349 e. The molecule has 0 radical (unpaired) electrons. The van der Waals surface area contributed by atoms with Crippen LogP contribution in [-0.4, -0.2) is 41.1 Å². The lowest BCUT2D eigenvalue weighted by atomic mass is 9.85. The van der Waals surface area contributed by atoms with Gasteiger partial charge in [0.1, 0.15) is 11.6 Å². The van der Waals surface area contributed by atoms with Crippen molar-refractivity contribution < 1.29 is 19.4 Å². The van der Waals surface area contributed by atoms with E-state index in [0.717, 1.165) is 35.4 Å². The predicted octanol–water partition coefficient (Wildman–Crippen LogP) is 4.82. The molecule has 2 bridgehead atoms. The van der Waals surface area contributed by atoms with E-state index in [-0.39, 0.29) is 33.3 Å². The molecule has 1 aromatic heterocycles. The van der Waals surface area contributed by atoms with Crippen LogP contribution in [0, 0.1) is 0 Å². The number of piperidine rings is 1. The molecule has 2 aliphatic heterocycles. The van der Waals surface area contributed by atoms with Crippen molar-refractivity contribution in [2.45, 2.75) is 56.7 Å². The van der Waals surface area contributed by atoms with E-state index in [2.05, 4.69) is 24.5 Å². The average molecular weight is 449 g/mol. The van der Waals surface area contributed by atoms with E-state index >= 15 is 0 Å². The molecular formula is C22H25ClN2O4S. The molecule has 0 saturated carbocycles. The van der Waals surface area contributed by atoms with Crippen LogP contribution in [0.4, 0.5) is 5.69 Å². The lowest BCUT2D eigenvalue weighted by Gasteiger charge is -2.42. The molecule has 0 spiro atoms. The summed E-state index contributed by atoms with van der Waals surface area (Å²) in [6.07, 6.45) is 5.05. The summed E-state index contributed by atoms with van der Waals surface area (Å²) in [5, 5.41) is 17.2. The summed E-state index contributed by atoms with van der Waals surface area (Å²) in [6.45, 7) is 4.34. The normalized spacial score (nSPS) is 27.6. The number of hydrogen-bond donors (Lipinski definition) is 3. The summed E-state index contributed by atoms with van der Waals surface area (Å²) >= 11 is 7.50. The zero-order valence-electron chi connectivity index (χ0n) is 17.0. The van der Waals surface area contributed by atoms with E-state index < -0.39 is 5.97 Å². The van der Waals surface area contributed by atoms with Gasteiger partial charge in [0.25, 0.3) is 0 Å². The third-order valence-corrected chi connectivity index (χ3v) is 7.70. The number of hydrogen-bond acceptors (Lipinski definition) is 6. The summed E-state index contributed by atoms with van der Waals surface area (Å²) in [6, 6.07) is 8.19. The van der Waals surface area contributed by atoms with E-state index in [4.69, 9.17) is 16.3 Å². The van der Waals surface area contributed by atoms with E-state index in [1.165, 1.54) is 12.8 Å². The number of fused-ring (bicyclic) bond motifs is 2. The monoisotopic (exact) mass is 448 g/mol. The van der Waals surface area contributed by atoms with E-state index in [0.29, 0.717) is 17.2 Å². The number of ether oxygens (including phenoxy) is 1. The van der Waals surface area contributed by atoms with Crippen molar-refractivity contribution in [1.29, 1.82) is 0 Å². The van der Waals surface area contributed by atoms with Gasteiger partial charge in [-0.1, -0.05) is 23.7 Å². The highest BCUT2D eigenvalue weighted by Crippen LogP contribution is 2.46.